The standard InChI is InChI=1S/C12H12F2O2/c1-12(2)10(15)6-11(12)16-9-5-7(13)3-4-8(9)14/h3-5,11H,6H2,1-2H3. The molecular weight excluding hydrogens is 214 g/mol. The second-order valence-electron chi connectivity index (χ2n) is 4.53. The average molecular weight is 226 g/mol. The van der Waals surface area contributed by atoms with Crippen LogP contribution in [0.1, 0.15) is 20.3 Å². The fourth-order valence-corrected chi connectivity index (χ4v) is 1.64. The molecule has 0 aromatic heterocycles. The number of hydrogen-bond acceptors (Lipinski definition) is 2. The largest absolute Gasteiger partial charge is 0.486 e. The molecule has 0 spiro atoms. The SMILES string of the molecule is CC1(C)C(=O)CC1Oc1cc(F)ccc1F. The summed E-state index contributed by atoms with van der Waals surface area (Å²) < 4.78 is 31.4. The Morgan fingerprint density at radius 2 is 2.06 bits per heavy atom. The Morgan fingerprint density at radius 1 is 1.38 bits per heavy atom. The van der Waals surface area contributed by atoms with E-state index in [2.05, 4.69) is 0 Å². The number of rotatable bonds is 2. The highest BCUT2D eigenvalue weighted by molar-refractivity contribution is 5.91. The molecule has 16 heavy (non-hydrogen) atoms. The van der Waals surface area contributed by atoms with Crippen LogP contribution in [0, 0.1) is 17.0 Å². The maximum atomic E-state index is 13.3. The number of hydrogen-bond donors (Lipinski definition) is 0. The normalized spacial score (nSPS) is 22.8. The van der Waals surface area contributed by atoms with E-state index in [-0.39, 0.29) is 24.1 Å². The van der Waals surface area contributed by atoms with E-state index in [1.54, 1.807) is 13.8 Å². The highest BCUT2D eigenvalue weighted by atomic mass is 19.1. The van der Waals surface area contributed by atoms with Gasteiger partial charge in [-0.2, -0.15) is 0 Å². The van der Waals surface area contributed by atoms with Gasteiger partial charge in [0.05, 0.1) is 5.41 Å². The van der Waals surface area contributed by atoms with Gasteiger partial charge in [-0.25, -0.2) is 8.78 Å². The topological polar surface area (TPSA) is 26.3 Å². The van der Waals surface area contributed by atoms with Crippen LogP contribution in [0.3, 0.4) is 0 Å². The molecule has 0 N–H and O–H groups in total. The molecular formula is C12H12F2O2. The lowest BCUT2D eigenvalue weighted by molar-refractivity contribution is -0.148. The van der Waals surface area contributed by atoms with Gasteiger partial charge >= 0.3 is 0 Å². The highest BCUT2D eigenvalue weighted by Crippen LogP contribution is 2.39. The van der Waals surface area contributed by atoms with Crippen LogP contribution >= 0.6 is 0 Å². The van der Waals surface area contributed by atoms with Gasteiger partial charge in [-0.3, -0.25) is 4.79 Å². The van der Waals surface area contributed by atoms with Crippen molar-refractivity contribution >= 4 is 5.78 Å². The molecule has 1 aromatic rings. The summed E-state index contributed by atoms with van der Waals surface area (Å²) in [5, 5.41) is 0. The zero-order valence-corrected chi connectivity index (χ0v) is 9.09. The molecule has 1 saturated carbocycles. The third kappa shape index (κ3) is 1.68. The van der Waals surface area contributed by atoms with Crippen LogP contribution in [-0.4, -0.2) is 11.9 Å². The summed E-state index contributed by atoms with van der Waals surface area (Å²) in [6.07, 6.45) is -0.125. The first-order chi connectivity index (χ1) is 7.41. The van der Waals surface area contributed by atoms with Crippen molar-refractivity contribution in [2.45, 2.75) is 26.4 Å². The Bertz CT molecular complexity index is 441. The Hall–Kier alpha value is -1.45. The van der Waals surface area contributed by atoms with Gasteiger partial charge in [0.15, 0.2) is 11.6 Å². The number of carbonyl (C=O) groups is 1. The first-order valence-corrected chi connectivity index (χ1v) is 5.06. The summed E-state index contributed by atoms with van der Waals surface area (Å²) >= 11 is 0. The summed E-state index contributed by atoms with van der Waals surface area (Å²) in [7, 11) is 0. The molecule has 0 heterocycles. The van der Waals surface area contributed by atoms with Crippen LogP contribution in [0.15, 0.2) is 18.2 Å². The second kappa shape index (κ2) is 3.54. The molecule has 1 aliphatic carbocycles. The van der Waals surface area contributed by atoms with Gasteiger partial charge in [-0.1, -0.05) is 0 Å². The summed E-state index contributed by atoms with van der Waals surface area (Å²) in [6, 6.07) is 3.03. The minimum absolute atomic E-state index is 0.0781. The van der Waals surface area contributed by atoms with Crippen molar-refractivity contribution in [3.8, 4) is 5.75 Å². The molecule has 2 nitrogen and oxygen atoms in total. The van der Waals surface area contributed by atoms with Crippen LogP contribution in [0.25, 0.3) is 0 Å². The molecule has 1 unspecified atom stereocenters. The molecule has 1 aliphatic rings. The van der Waals surface area contributed by atoms with Gasteiger partial charge in [0.1, 0.15) is 17.7 Å². The molecule has 1 atom stereocenters. The zero-order chi connectivity index (χ0) is 11.9. The van der Waals surface area contributed by atoms with Crippen molar-refractivity contribution in [1.29, 1.82) is 0 Å². The van der Waals surface area contributed by atoms with E-state index in [0.29, 0.717) is 0 Å². The van der Waals surface area contributed by atoms with E-state index in [9.17, 15) is 13.6 Å². The van der Waals surface area contributed by atoms with E-state index in [4.69, 9.17) is 4.74 Å². The summed E-state index contributed by atoms with van der Waals surface area (Å²) in [6.45, 7) is 3.47. The lowest BCUT2D eigenvalue weighted by Crippen LogP contribution is -2.53. The minimum atomic E-state index is -0.614. The fourth-order valence-electron chi connectivity index (χ4n) is 1.64. The number of ether oxygens (including phenoxy) is 1. The number of benzene rings is 1. The van der Waals surface area contributed by atoms with Crippen molar-refractivity contribution in [2.75, 3.05) is 0 Å². The number of Topliss-reactive ketones (excluding diaryl/α,β-unsaturated/α-hetero) is 1. The fraction of sp³-hybridized carbons (Fsp3) is 0.417. The van der Waals surface area contributed by atoms with Gasteiger partial charge < -0.3 is 4.74 Å². The first kappa shape index (κ1) is 11.0. The summed E-state index contributed by atoms with van der Waals surface area (Å²) in [4.78, 5) is 11.3. The van der Waals surface area contributed by atoms with Crippen molar-refractivity contribution in [2.24, 2.45) is 5.41 Å². The Labute approximate surface area is 92.2 Å². The molecule has 1 aromatic carbocycles. The van der Waals surface area contributed by atoms with Crippen LogP contribution in [0.4, 0.5) is 8.78 Å². The molecule has 1 fully saturated rings. The van der Waals surface area contributed by atoms with E-state index in [1.165, 1.54) is 0 Å². The van der Waals surface area contributed by atoms with Gasteiger partial charge in [0, 0.05) is 12.5 Å². The molecule has 86 valence electrons. The number of halogens is 2. The molecule has 2 rings (SSSR count). The first-order valence-electron chi connectivity index (χ1n) is 5.06. The quantitative estimate of drug-likeness (QED) is 0.775. The van der Waals surface area contributed by atoms with Gasteiger partial charge in [-0.05, 0) is 26.0 Å². The predicted molar refractivity (Wildman–Crippen MR) is 54.2 cm³/mol. The molecule has 0 bridgehead atoms. The Morgan fingerprint density at radius 3 is 2.62 bits per heavy atom. The van der Waals surface area contributed by atoms with E-state index in [0.717, 1.165) is 18.2 Å². The molecule has 0 amide bonds. The summed E-state index contributed by atoms with van der Waals surface area (Å²) in [5.41, 5.74) is -0.612. The molecule has 0 aliphatic heterocycles. The van der Waals surface area contributed by atoms with Gasteiger partial charge in [0.25, 0.3) is 0 Å². The molecule has 0 saturated heterocycles. The maximum absolute atomic E-state index is 13.3. The maximum Gasteiger partial charge on any atom is 0.165 e. The lowest BCUT2D eigenvalue weighted by atomic mass is 9.68. The third-order valence-corrected chi connectivity index (χ3v) is 3.06. The van der Waals surface area contributed by atoms with Crippen LogP contribution in [-0.2, 0) is 4.79 Å². The Balaban J connectivity index is 2.16. The number of carbonyl (C=O) groups excluding carboxylic acids is 1. The highest BCUT2D eigenvalue weighted by Gasteiger charge is 2.49. The molecule has 0 radical (unpaired) electrons. The second-order valence-corrected chi connectivity index (χ2v) is 4.53. The van der Waals surface area contributed by atoms with Crippen molar-refractivity contribution in [3.63, 3.8) is 0 Å². The van der Waals surface area contributed by atoms with E-state index >= 15 is 0 Å². The zero-order valence-electron chi connectivity index (χ0n) is 9.09. The predicted octanol–water partition coefficient (Wildman–Crippen LogP) is 2.71. The van der Waals surface area contributed by atoms with Crippen LogP contribution in [0.5, 0.6) is 5.75 Å². The van der Waals surface area contributed by atoms with Crippen LogP contribution in [0.2, 0.25) is 0 Å². The third-order valence-electron chi connectivity index (χ3n) is 3.06. The van der Waals surface area contributed by atoms with Crippen molar-refractivity contribution in [3.05, 3.63) is 29.8 Å². The number of ketones is 1. The Kier molecular flexibility index (Phi) is 2.45. The minimum Gasteiger partial charge on any atom is -0.486 e. The van der Waals surface area contributed by atoms with Gasteiger partial charge in [0.2, 0.25) is 0 Å². The van der Waals surface area contributed by atoms with E-state index in [1.807, 2.05) is 0 Å². The lowest BCUT2D eigenvalue weighted by Gasteiger charge is -2.41. The van der Waals surface area contributed by atoms with Gasteiger partial charge in [-0.15, -0.1) is 0 Å². The average Bonchev–Trinajstić information content (AvgIpc) is 2.23. The molecule has 4 heteroatoms. The van der Waals surface area contributed by atoms with Crippen molar-refractivity contribution < 1.29 is 18.3 Å². The van der Waals surface area contributed by atoms with Crippen molar-refractivity contribution in [1.82, 2.24) is 0 Å². The van der Waals surface area contributed by atoms with Crippen LogP contribution < -0.4 is 4.74 Å². The van der Waals surface area contributed by atoms with E-state index < -0.39 is 17.0 Å². The summed E-state index contributed by atoms with van der Waals surface area (Å²) in [5.74, 6) is -1.23. The monoisotopic (exact) mass is 226 g/mol. The smallest absolute Gasteiger partial charge is 0.165 e.